The first-order chi connectivity index (χ1) is 12.0. The SMILES string of the molecule is CCCc1nc(N2CC[C@](Cc3ccccc3)(C(=O)O)[C@@H](O)C2)no1. The molecule has 0 amide bonds. The molecule has 7 heteroatoms. The molecule has 2 atom stereocenters. The molecule has 0 aliphatic carbocycles. The summed E-state index contributed by atoms with van der Waals surface area (Å²) in [4.78, 5) is 18.1. The second kappa shape index (κ2) is 7.23. The van der Waals surface area contributed by atoms with E-state index in [0.717, 1.165) is 12.0 Å². The van der Waals surface area contributed by atoms with Crippen molar-refractivity contribution in [3.8, 4) is 0 Å². The molecule has 2 aromatic rings. The van der Waals surface area contributed by atoms with Gasteiger partial charge in [-0.1, -0.05) is 37.3 Å². The Hall–Kier alpha value is -2.41. The molecule has 1 aromatic heterocycles. The molecule has 1 aliphatic heterocycles. The number of hydrogen-bond donors (Lipinski definition) is 2. The van der Waals surface area contributed by atoms with E-state index in [1.54, 1.807) is 4.90 Å². The third-order valence-electron chi connectivity index (χ3n) is 4.85. The van der Waals surface area contributed by atoms with E-state index in [4.69, 9.17) is 4.52 Å². The third-order valence-corrected chi connectivity index (χ3v) is 4.85. The molecule has 1 aliphatic rings. The number of rotatable bonds is 6. The number of β-amino-alcohol motifs (C(OH)–C–C–N with tert-alkyl or cyclic N) is 1. The van der Waals surface area contributed by atoms with Crippen LogP contribution in [0.15, 0.2) is 34.9 Å². The van der Waals surface area contributed by atoms with Gasteiger partial charge in [0.2, 0.25) is 5.89 Å². The molecule has 2 heterocycles. The second-order valence-corrected chi connectivity index (χ2v) is 6.57. The average Bonchev–Trinajstić information content (AvgIpc) is 3.06. The predicted octanol–water partition coefficient (Wildman–Crippen LogP) is 1.91. The van der Waals surface area contributed by atoms with Gasteiger partial charge < -0.3 is 19.6 Å². The van der Waals surface area contributed by atoms with Crippen LogP contribution in [0.2, 0.25) is 0 Å². The van der Waals surface area contributed by atoms with Crippen LogP contribution in [0.5, 0.6) is 0 Å². The Morgan fingerprint density at radius 1 is 1.40 bits per heavy atom. The summed E-state index contributed by atoms with van der Waals surface area (Å²) in [6.07, 6.45) is 1.20. The minimum Gasteiger partial charge on any atom is -0.481 e. The van der Waals surface area contributed by atoms with Crippen molar-refractivity contribution in [1.29, 1.82) is 0 Å². The van der Waals surface area contributed by atoms with Crippen LogP contribution in [0.25, 0.3) is 0 Å². The van der Waals surface area contributed by atoms with Crippen LogP contribution in [-0.4, -0.2) is 45.5 Å². The normalized spacial score (nSPS) is 23.6. The first-order valence-corrected chi connectivity index (χ1v) is 8.58. The molecule has 7 nitrogen and oxygen atoms in total. The molecular formula is C18H23N3O4. The molecule has 1 fully saturated rings. The molecule has 1 saturated heterocycles. The molecule has 3 rings (SSSR count). The molecule has 0 spiro atoms. The van der Waals surface area contributed by atoms with E-state index in [1.807, 2.05) is 37.3 Å². The Balaban J connectivity index is 1.76. The highest BCUT2D eigenvalue weighted by Gasteiger charge is 2.49. The van der Waals surface area contributed by atoms with Gasteiger partial charge >= 0.3 is 5.97 Å². The number of carbonyl (C=O) groups is 1. The maximum Gasteiger partial charge on any atom is 0.312 e. The van der Waals surface area contributed by atoms with Crippen molar-refractivity contribution in [1.82, 2.24) is 10.1 Å². The zero-order valence-electron chi connectivity index (χ0n) is 14.3. The van der Waals surface area contributed by atoms with E-state index < -0.39 is 17.5 Å². The molecule has 134 valence electrons. The fraction of sp³-hybridized carbons (Fsp3) is 0.500. The maximum atomic E-state index is 12.0. The van der Waals surface area contributed by atoms with E-state index in [2.05, 4.69) is 10.1 Å². The van der Waals surface area contributed by atoms with Gasteiger partial charge in [0.25, 0.3) is 5.95 Å². The van der Waals surface area contributed by atoms with Gasteiger partial charge in [-0.15, -0.1) is 0 Å². The van der Waals surface area contributed by atoms with Crippen molar-refractivity contribution >= 4 is 11.9 Å². The van der Waals surface area contributed by atoms with Crippen LogP contribution < -0.4 is 4.90 Å². The van der Waals surface area contributed by atoms with Crippen molar-refractivity contribution in [3.63, 3.8) is 0 Å². The minimum atomic E-state index is -1.20. The number of hydrogen-bond acceptors (Lipinski definition) is 6. The van der Waals surface area contributed by atoms with E-state index in [9.17, 15) is 15.0 Å². The first kappa shape index (κ1) is 17.4. The third kappa shape index (κ3) is 3.51. The molecule has 0 unspecified atom stereocenters. The average molecular weight is 345 g/mol. The number of carboxylic acids is 1. The van der Waals surface area contributed by atoms with E-state index >= 15 is 0 Å². The van der Waals surface area contributed by atoms with Crippen LogP contribution in [0.1, 0.15) is 31.2 Å². The zero-order valence-corrected chi connectivity index (χ0v) is 14.3. The van der Waals surface area contributed by atoms with Crippen molar-refractivity contribution in [2.45, 2.75) is 38.7 Å². The monoisotopic (exact) mass is 345 g/mol. The molecule has 2 N–H and O–H groups in total. The largest absolute Gasteiger partial charge is 0.481 e. The first-order valence-electron chi connectivity index (χ1n) is 8.58. The fourth-order valence-corrected chi connectivity index (χ4v) is 3.34. The number of benzene rings is 1. The number of aliphatic hydroxyl groups excluding tert-OH is 1. The van der Waals surface area contributed by atoms with E-state index in [0.29, 0.717) is 37.6 Å². The van der Waals surface area contributed by atoms with Crippen molar-refractivity contribution in [2.75, 3.05) is 18.0 Å². The number of piperidine rings is 1. The summed E-state index contributed by atoms with van der Waals surface area (Å²) in [5.41, 5.74) is -0.296. The minimum absolute atomic E-state index is 0.171. The summed E-state index contributed by atoms with van der Waals surface area (Å²) in [5.74, 6) is 0.0100. The zero-order chi connectivity index (χ0) is 17.9. The Kier molecular flexibility index (Phi) is 5.03. The Morgan fingerprint density at radius 2 is 2.16 bits per heavy atom. The number of aryl methyl sites for hydroxylation is 1. The molecule has 25 heavy (non-hydrogen) atoms. The quantitative estimate of drug-likeness (QED) is 0.825. The molecule has 0 saturated carbocycles. The number of carboxylic acid groups (broad SMARTS) is 1. The van der Waals surface area contributed by atoms with Gasteiger partial charge in [0.05, 0.1) is 6.10 Å². The van der Waals surface area contributed by atoms with Gasteiger partial charge in [-0.05, 0) is 30.0 Å². The van der Waals surface area contributed by atoms with Gasteiger partial charge in [0, 0.05) is 19.5 Å². The smallest absolute Gasteiger partial charge is 0.312 e. The van der Waals surface area contributed by atoms with Gasteiger partial charge in [0.1, 0.15) is 5.41 Å². The molecule has 1 aromatic carbocycles. The Morgan fingerprint density at radius 3 is 2.80 bits per heavy atom. The fourth-order valence-electron chi connectivity index (χ4n) is 3.34. The lowest BCUT2D eigenvalue weighted by Crippen LogP contribution is -2.56. The Labute approximate surface area is 146 Å². The van der Waals surface area contributed by atoms with E-state index in [-0.39, 0.29) is 6.54 Å². The van der Waals surface area contributed by atoms with Crippen LogP contribution in [0.3, 0.4) is 0 Å². The maximum absolute atomic E-state index is 12.0. The van der Waals surface area contributed by atoms with Crippen LogP contribution in [-0.2, 0) is 17.6 Å². The van der Waals surface area contributed by atoms with Crippen molar-refractivity contribution < 1.29 is 19.5 Å². The van der Waals surface area contributed by atoms with Gasteiger partial charge in [-0.2, -0.15) is 4.98 Å². The van der Waals surface area contributed by atoms with Gasteiger partial charge in [-0.25, -0.2) is 0 Å². The number of aliphatic hydroxyl groups is 1. The van der Waals surface area contributed by atoms with Crippen molar-refractivity contribution in [2.24, 2.45) is 5.41 Å². The summed E-state index contributed by atoms with van der Waals surface area (Å²) in [6.45, 7) is 2.66. The lowest BCUT2D eigenvalue weighted by molar-refractivity contribution is -0.158. The molecule has 0 bridgehead atoms. The van der Waals surface area contributed by atoms with Crippen molar-refractivity contribution in [3.05, 3.63) is 41.8 Å². The topological polar surface area (TPSA) is 99.7 Å². The molecular weight excluding hydrogens is 322 g/mol. The van der Waals surface area contributed by atoms with Gasteiger partial charge in [-0.3, -0.25) is 4.79 Å². The highest BCUT2D eigenvalue weighted by Crippen LogP contribution is 2.37. The Bertz CT molecular complexity index is 718. The number of aromatic nitrogens is 2. The molecule has 0 radical (unpaired) electrons. The van der Waals surface area contributed by atoms with Gasteiger partial charge in [0.15, 0.2) is 0 Å². The summed E-state index contributed by atoms with van der Waals surface area (Å²) >= 11 is 0. The summed E-state index contributed by atoms with van der Waals surface area (Å²) < 4.78 is 5.19. The summed E-state index contributed by atoms with van der Waals surface area (Å²) in [7, 11) is 0. The number of nitrogens with zero attached hydrogens (tertiary/aromatic N) is 3. The number of anilines is 1. The lowest BCUT2D eigenvalue weighted by Gasteiger charge is -2.42. The van der Waals surface area contributed by atoms with Crippen LogP contribution in [0.4, 0.5) is 5.95 Å². The highest BCUT2D eigenvalue weighted by molar-refractivity contribution is 5.76. The number of aliphatic carboxylic acids is 1. The standard InChI is InChI=1S/C18H23N3O4/c1-2-6-15-19-17(20-25-15)21-10-9-18(16(23)24,14(22)12-21)11-13-7-4-3-5-8-13/h3-5,7-8,14,22H,2,6,9-12H2,1H3,(H,23,24)/t14-,18+/m0/s1. The van der Waals surface area contributed by atoms with Crippen LogP contribution in [0, 0.1) is 5.41 Å². The van der Waals surface area contributed by atoms with E-state index in [1.165, 1.54) is 0 Å². The van der Waals surface area contributed by atoms with Crippen LogP contribution >= 0.6 is 0 Å². The second-order valence-electron chi connectivity index (χ2n) is 6.57. The lowest BCUT2D eigenvalue weighted by atomic mass is 9.72. The predicted molar refractivity (Wildman–Crippen MR) is 91.3 cm³/mol. The summed E-state index contributed by atoms with van der Waals surface area (Å²) in [6, 6.07) is 9.42. The summed E-state index contributed by atoms with van der Waals surface area (Å²) in [5, 5.41) is 24.5. The highest BCUT2D eigenvalue weighted by atomic mass is 16.5.